The van der Waals surface area contributed by atoms with Crippen LogP contribution in [0.15, 0.2) is 152 Å². The van der Waals surface area contributed by atoms with Crippen molar-refractivity contribution in [3.8, 4) is 17.6 Å². The van der Waals surface area contributed by atoms with Crippen molar-refractivity contribution in [2.24, 2.45) is 11.8 Å². The number of methoxy groups -OCH3 is 1. The van der Waals surface area contributed by atoms with Gasteiger partial charge in [-0.25, -0.2) is 24.5 Å². The van der Waals surface area contributed by atoms with Crippen LogP contribution in [-0.2, 0) is 40.6 Å². The minimum Gasteiger partial charge on any atom is -0.491 e. The third-order valence-electron chi connectivity index (χ3n) is 15.2. The third kappa shape index (κ3) is 10.1. The molecular formula is C61H62N8O9. The Balaban J connectivity index is 1.21. The van der Waals surface area contributed by atoms with Crippen LogP contribution in [0, 0.1) is 23.7 Å². The highest BCUT2D eigenvalue weighted by molar-refractivity contribution is 6.25. The van der Waals surface area contributed by atoms with E-state index in [0.29, 0.717) is 54.6 Å². The minimum absolute atomic E-state index is 0.0204. The predicted molar refractivity (Wildman–Crippen MR) is 291 cm³/mol. The number of nitrogens with one attached hydrogen (secondary N) is 1. The highest BCUT2D eigenvalue weighted by atomic mass is 16.6. The van der Waals surface area contributed by atoms with E-state index in [1.807, 2.05) is 108 Å². The molecule has 0 radical (unpaired) electrons. The smallest absolute Gasteiger partial charge is 0.329 e. The van der Waals surface area contributed by atoms with E-state index in [1.165, 1.54) is 7.11 Å². The number of morpholine rings is 1. The molecule has 0 saturated carbocycles. The van der Waals surface area contributed by atoms with Gasteiger partial charge in [0.25, 0.3) is 0 Å². The van der Waals surface area contributed by atoms with E-state index in [4.69, 9.17) is 14.2 Å². The number of ether oxygens (including phenoxy) is 3. The number of aromatic nitrogens is 2. The van der Waals surface area contributed by atoms with Crippen molar-refractivity contribution in [1.29, 1.82) is 0 Å². The first-order valence-corrected chi connectivity index (χ1v) is 26.3. The fourth-order valence-electron chi connectivity index (χ4n) is 11.7. The Morgan fingerprint density at radius 1 is 0.821 bits per heavy atom. The molecule has 5 aromatic carbocycles. The van der Waals surface area contributed by atoms with Gasteiger partial charge in [0.1, 0.15) is 36.0 Å². The molecule has 4 aliphatic heterocycles. The molecule has 1 aromatic heterocycles. The van der Waals surface area contributed by atoms with Crippen LogP contribution in [0.2, 0.25) is 0 Å². The molecule has 17 heteroatoms. The summed E-state index contributed by atoms with van der Waals surface area (Å²) in [5.74, 6) is 2.85. The fraction of sp³-hybridized carbons (Fsp3) is 0.328. The summed E-state index contributed by atoms with van der Waals surface area (Å²) in [6.07, 6.45) is 2.37. The first-order valence-electron chi connectivity index (χ1n) is 26.3. The maximum Gasteiger partial charge on any atom is 0.329 e. The number of aliphatic hydroxyl groups excluding tert-OH is 1. The molecule has 78 heavy (non-hydrogen) atoms. The lowest BCUT2D eigenvalue weighted by Crippen LogP contribution is -2.60. The molecule has 2 N–H and O–H groups in total. The molecule has 4 aliphatic rings. The van der Waals surface area contributed by atoms with Crippen molar-refractivity contribution in [2.45, 2.75) is 56.1 Å². The number of benzene rings is 5. The SMILES string of the molecule is COC(=O)[C@@H](NC(=O)N1C(=O)[C@@]2(c3cc(C#CCN(C)Cc4ccccc4)ccc31)[C@H](C(=O)N1CCN(c3ncccn3)CC1)[C@H]1C(=O)O[C@H](c3ccccc3)[C@H](c3ccccc3)N1[C@@H]2c1ccc(OCCO)cc1)C(C)C. The summed E-state index contributed by atoms with van der Waals surface area (Å²) in [7, 11) is 3.20. The second-order valence-electron chi connectivity index (χ2n) is 20.3. The Hall–Kier alpha value is -8.43. The number of amides is 4. The normalized spacial score (nSPS) is 22.1. The van der Waals surface area contributed by atoms with Crippen molar-refractivity contribution in [1.82, 2.24) is 30.0 Å². The topological polar surface area (TPSA) is 187 Å². The monoisotopic (exact) mass is 1050 g/mol. The Bertz CT molecular complexity index is 3190. The number of piperazine rings is 1. The number of hydrogen-bond donors (Lipinski definition) is 2. The molecule has 1 spiro atoms. The van der Waals surface area contributed by atoms with Gasteiger partial charge in [-0.2, -0.15) is 0 Å². The van der Waals surface area contributed by atoms with Crippen molar-refractivity contribution >= 4 is 41.4 Å². The van der Waals surface area contributed by atoms with Crippen LogP contribution in [0.3, 0.4) is 0 Å². The van der Waals surface area contributed by atoms with Crippen LogP contribution in [0.5, 0.6) is 5.75 Å². The predicted octanol–water partition coefficient (Wildman–Crippen LogP) is 6.25. The number of nitrogens with zero attached hydrogens (tertiary/aromatic N) is 7. The Kier molecular flexibility index (Phi) is 15.7. The van der Waals surface area contributed by atoms with Gasteiger partial charge in [-0.15, -0.1) is 0 Å². The van der Waals surface area contributed by atoms with E-state index in [1.54, 1.807) is 79.7 Å². The molecule has 0 aliphatic carbocycles. The van der Waals surface area contributed by atoms with Gasteiger partial charge in [-0.05, 0) is 77.2 Å². The summed E-state index contributed by atoms with van der Waals surface area (Å²) in [5, 5.41) is 12.5. The third-order valence-corrected chi connectivity index (χ3v) is 15.2. The molecule has 400 valence electrons. The largest absolute Gasteiger partial charge is 0.491 e. The molecular weight excluding hydrogens is 989 g/mol. The molecule has 0 bridgehead atoms. The van der Waals surface area contributed by atoms with Crippen molar-refractivity contribution in [2.75, 3.05) is 69.9 Å². The summed E-state index contributed by atoms with van der Waals surface area (Å²) < 4.78 is 17.7. The van der Waals surface area contributed by atoms with Gasteiger partial charge in [0.15, 0.2) is 0 Å². The van der Waals surface area contributed by atoms with Gasteiger partial charge < -0.3 is 34.4 Å². The van der Waals surface area contributed by atoms with E-state index >= 15 is 19.2 Å². The van der Waals surface area contributed by atoms with Gasteiger partial charge in [0.05, 0.1) is 44.0 Å². The van der Waals surface area contributed by atoms with Crippen LogP contribution in [0.4, 0.5) is 16.4 Å². The van der Waals surface area contributed by atoms with E-state index < -0.39 is 77.3 Å². The van der Waals surface area contributed by atoms with E-state index in [-0.39, 0.29) is 37.6 Å². The van der Waals surface area contributed by atoms with Crippen LogP contribution in [-0.4, -0.2) is 132 Å². The zero-order valence-electron chi connectivity index (χ0n) is 44.0. The van der Waals surface area contributed by atoms with Gasteiger partial charge in [-0.3, -0.25) is 24.2 Å². The molecule has 4 amide bonds. The summed E-state index contributed by atoms with van der Waals surface area (Å²) >= 11 is 0. The number of carbonyl (C=O) groups is 5. The van der Waals surface area contributed by atoms with Crippen molar-refractivity contribution in [3.05, 3.63) is 185 Å². The number of hydrogen-bond acceptors (Lipinski definition) is 14. The summed E-state index contributed by atoms with van der Waals surface area (Å²) in [5.41, 5.74) is 1.92. The molecule has 5 heterocycles. The van der Waals surface area contributed by atoms with E-state index in [0.717, 1.165) is 16.0 Å². The summed E-state index contributed by atoms with van der Waals surface area (Å²) in [6.45, 7) is 5.38. The first-order chi connectivity index (χ1) is 37.9. The lowest BCUT2D eigenvalue weighted by atomic mass is 9.64. The Labute approximate surface area is 453 Å². The number of urea groups is 1. The zero-order chi connectivity index (χ0) is 54.5. The molecule has 6 aromatic rings. The van der Waals surface area contributed by atoms with Crippen LogP contribution >= 0.6 is 0 Å². The molecule has 7 atom stereocenters. The maximum absolute atomic E-state index is 17.0. The van der Waals surface area contributed by atoms with E-state index in [2.05, 4.69) is 32.0 Å². The van der Waals surface area contributed by atoms with Gasteiger partial charge >= 0.3 is 18.0 Å². The Morgan fingerprint density at radius 3 is 2.12 bits per heavy atom. The van der Waals surface area contributed by atoms with E-state index in [9.17, 15) is 9.90 Å². The summed E-state index contributed by atoms with van der Waals surface area (Å²) in [4.78, 5) is 95.5. The first kappa shape index (κ1) is 53.0. The zero-order valence-corrected chi connectivity index (χ0v) is 44.0. The molecule has 17 nitrogen and oxygen atoms in total. The lowest BCUT2D eigenvalue weighted by molar-refractivity contribution is -0.179. The molecule has 3 saturated heterocycles. The molecule has 0 unspecified atom stereocenters. The number of imide groups is 1. The Morgan fingerprint density at radius 2 is 1.47 bits per heavy atom. The van der Waals surface area contributed by atoms with Gasteiger partial charge in [-0.1, -0.05) is 129 Å². The highest BCUT2D eigenvalue weighted by Gasteiger charge is 2.76. The lowest BCUT2D eigenvalue weighted by Gasteiger charge is -2.46. The second-order valence-corrected chi connectivity index (χ2v) is 20.3. The summed E-state index contributed by atoms with van der Waals surface area (Å²) in [6, 6.07) is 37.4. The average Bonchev–Trinajstić information content (AvgIpc) is 2.65. The fourth-order valence-corrected chi connectivity index (χ4v) is 11.7. The van der Waals surface area contributed by atoms with Crippen LogP contribution in [0.25, 0.3) is 0 Å². The number of carbonyl (C=O) groups excluding carboxylic acids is 5. The number of cyclic esters (lactones) is 1. The van der Waals surface area contributed by atoms with Crippen LogP contribution < -0.4 is 19.9 Å². The number of rotatable bonds is 14. The number of aliphatic hydroxyl groups is 1. The van der Waals surface area contributed by atoms with Crippen molar-refractivity contribution < 1.29 is 43.3 Å². The highest BCUT2D eigenvalue weighted by Crippen LogP contribution is 2.66. The standard InChI is InChI=1S/C61H62N8O9/c1-40(2)50(56(72)76-4)64-60(75)68-48-28-23-41(18-14-31-65(3)39-42-16-8-5-9-17-42)38-47(48)61(58(68)74)49(55(71)66-32-34-67(35-33-66)59-62-29-15-30-63-59)52-57(73)78-53(44-21-12-7-13-22-44)51(43-19-10-6-11-20-43)69(52)54(61)45-24-26-46(27-25-45)77-37-36-70/h5-13,15-17,19-30,38,40,49-54,70H,31-37,39H2,1-4H3,(H,64,75)/t49-,50-,51-,52-,53+,54+,61-/m0/s1. The maximum atomic E-state index is 17.0. The number of anilines is 2. The number of esters is 2. The second kappa shape index (κ2) is 23.0. The van der Waals surface area contributed by atoms with Crippen molar-refractivity contribution in [3.63, 3.8) is 0 Å². The molecule has 10 rings (SSSR count). The number of fused-ring (bicyclic) bond motifs is 3. The van der Waals surface area contributed by atoms with Gasteiger partial charge in [0, 0.05) is 50.7 Å². The quantitative estimate of drug-likeness (QED) is 0.0921. The van der Waals surface area contributed by atoms with Crippen LogP contribution in [0.1, 0.15) is 65.4 Å². The van der Waals surface area contributed by atoms with Gasteiger partial charge in [0.2, 0.25) is 17.8 Å². The average molecular weight is 1050 g/mol. The minimum atomic E-state index is -2.08. The molecule has 3 fully saturated rings.